The molecular weight excluding hydrogens is 436 g/mol. The number of carbonyl (C=O) groups is 4. The smallest absolute Gasteiger partial charge is 0.410 e. The lowest BCUT2D eigenvalue weighted by atomic mass is 10.0. The fraction of sp³-hybridized carbons (Fsp3) is 0.619. The molecule has 0 saturated carbocycles. The minimum absolute atomic E-state index is 0.115. The number of likely N-dealkylation sites (tertiary alicyclic amines) is 2. The normalized spacial score (nSPS) is 29.6. The van der Waals surface area contributed by atoms with Gasteiger partial charge in [-0.3, -0.25) is 14.5 Å². The maximum atomic E-state index is 13.1. The van der Waals surface area contributed by atoms with Crippen molar-refractivity contribution in [3.8, 4) is 0 Å². The van der Waals surface area contributed by atoms with Crippen molar-refractivity contribution in [2.24, 2.45) is 5.73 Å². The van der Waals surface area contributed by atoms with Gasteiger partial charge >= 0.3 is 6.09 Å². The zero-order valence-electron chi connectivity index (χ0n) is 18.3. The van der Waals surface area contributed by atoms with Gasteiger partial charge in [-0.05, 0) is 45.3 Å². The molecule has 32 heavy (non-hydrogen) atoms. The van der Waals surface area contributed by atoms with Gasteiger partial charge in [0.1, 0.15) is 17.0 Å². The summed E-state index contributed by atoms with van der Waals surface area (Å²) in [6.07, 6.45) is 2.31. The third kappa shape index (κ3) is 3.99. The maximum Gasteiger partial charge on any atom is 0.410 e. The van der Waals surface area contributed by atoms with Gasteiger partial charge in [-0.2, -0.15) is 0 Å². The third-order valence-electron chi connectivity index (χ3n) is 5.99. The second-order valence-corrected chi connectivity index (χ2v) is 10.5. The number of hydrogen-bond acceptors (Lipinski definition) is 8. The van der Waals surface area contributed by atoms with E-state index < -0.39 is 35.0 Å². The average molecular weight is 464 g/mol. The molecule has 3 atom stereocenters. The molecule has 4 aliphatic heterocycles. The van der Waals surface area contributed by atoms with Gasteiger partial charge in [0.15, 0.2) is 0 Å². The van der Waals surface area contributed by atoms with Crippen LogP contribution in [-0.4, -0.2) is 87.0 Å². The number of nitrogens with two attached hydrogens (primary N) is 1. The molecule has 4 heterocycles. The Morgan fingerprint density at radius 3 is 2.62 bits per heavy atom. The van der Waals surface area contributed by atoms with Gasteiger partial charge in [0.05, 0.1) is 17.7 Å². The molecule has 174 valence electrons. The largest absolute Gasteiger partial charge is 0.543 e. The summed E-state index contributed by atoms with van der Waals surface area (Å²) in [6, 6.07) is -0.835. The van der Waals surface area contributed by atoms with Crippen LogP contribution >= 0.6 is 11.8 Å². The minimum atomic E-state index is -1.45. The Labute approximate surface area is 190 Å². The van der Waals surface area contributed by atoms with Crippen molar-refractivity contribution in [2.45, 2.75) is 56.7 Å². The van der Waals surface area contributed by atoms with Gasteiger partial charge in [0, 0.05) is 31.0 Å². The Bertz CT molecular complexity index is 939. The number of amides is 3. The van der Waals surface area contributed by atoms with E-state index in [9.17, 15) is 24.3 Å². The fourth-order valence-corrected chi connectivity index (χ4v) is 5.71. The Balaban J connectivity index is 1.47. The molecule has 0 aromatic carbocycles. The number of thioether (sulfide) groups is 1. The molecule has 4 aliphatic rings. The number of aliphatic carboxylic acids is 1. The molecular formula is C21H27N4O6S-. The van der Waals surface area contributed by atoms with Crippen LogP contribution in [0.4, 0.5) is 4.79 Å². The predicted molar refractivity (Wildman–Crippen MR) is 114 cm³/mol. The summed E-state index contributed by atoms with van der Waals surface area (Å²) < 4.78 is 5.42. The first kappa shape index (κ1) is 22.7. The highest BCUT2D eigenvalue weighted by Gasteiger charge is 2.50. The SMILES string of the molecule is CC(C)(C)OC(=O)N1CC[C@@H](N2CC/C(=C\C3=C(C(=O)[O-])N4C(=O)[C@@H](N)C4SC3)C2=O)C1. The molecule has 1 unspecified atom stereocenters. The third-order valence-corrected chi connectivity index (χ3v) is 7.32. The Morgan fingerprint density at radius 1 is 1.25 bits per heavy atom. The molecule has 11 heteroatoms. The summed E-state index contributed by atoms with van der Waals surface area (Å²) in [5.41, 5.74) is 5.86. The van der Waals surface area contributed by atoms with E-state index in [1.807, 2.05) is 20.8 Å². The van der Waals surface area contributed by atoms with Gasteiger partial charge in [-0.1, -0.05) is 0 Å². The van der Waals surface area contributed by atoms with Crippen LogP contribution in [0.25, 0.3) is 0 Å². The van der Waals surface area contributed by atoms with Crippen LogP contribution in [-0.2, 0) is 19.1 Å². The zero-order chi connectivity index (χ0) is 23.4. The molecule has 2 N–H and O–H groups in total. The van der Waals surface area contributed by atoms with Crippen molar-refractivity contribution in [3.63, 3.8) is 0 Å². The number of ether oxygens (including phenoxy) is 1. The highest BCUT2D eigenvalue weighted by molar-refractivity contribution is 8.00. The van der Waals surface area contributed by atoms with Gasteiger partial charge in [0.2, 0.25) is 11.8 Å². The van der Waals surface area contributed by atoms with E-state index in [2.05, 4.69) is 0 Å². The summed E-state index contributed by atoms with van der Waals surface area (Å²) in [5.74, 6) is -1.75. The molecule has 0 radical (unpaired) electrons. The molecule has 3 saturated heterocycles. The van der Waals surface area contributed by atoms with E-state index in [0.29, 0.717) is 49.4 Å². The number of nitrogens with zero attached hydrogens (tertiary/aromatic N) is 3. The zero-order valence-corrected chi connectivity index (χ0v) is 19.1. The predicted octanol–water partition coefficient (Wildman–Crippen LogP) is -0.599. The maximum absolute atomic E-state index is 13.1. The van der Waals surface area contributed by atoms with Crippen molar-refractivity contribution in [1.29, 1.82) is 0 Å². The van der Waals surface area contributed by atoms with E-state index >= 15 is 0 Å². The highest BCUT2D eigenvalue weighted by Crippen LogP contribution is 2.40. The topological polar surface area (TPSA) is 136 Å². The molecule has 0 aliphatic carbocycles. The van der Waals surface area contributed by atoms with Crippen LogP contribution in [0.15, 0.2) is 22.9 Å². The monoisotopic (exact) mass is 463 g/mol. The average Bonchev–Trinajstić information content (AvgIpc) is 3.33. The van der Waals surface area contributed by atoms with Crippen LogP contribution < -0.4 is 10.8 Å². The minimum Gasteiger partial charge on any atom is -0.543 e. The number of carboxylic acids is 1. The standard InChI is InChI=1S/C21H28N4O6S/c1-21(2,3)31-20(30)23-6-5-13(9-23)24-7-4-11(16(24)26)8-12-10-32-18-14(22)17(27)25(18)15(12)19(28)29/h8,13-14,18H,4-7,9-10,22H2,1-3H3,(H,28,29)/p-1/b11-8+/t13-,14-,18?/m1/s1. The number of carbonyl (C=O) groups excluding carboxylic acids is 4. The second-order valence-electron chi connectivity index (χ2n) is 9.38. The Hall–Kier alpha value is -2.53. The van der Waals surface area contributed by atoms with Gasteiger partial charge in [-0.15, -0.1) is 11.8 Å². The molecule has 3 fully saturated rings. The summed E-state index contributed by atoms with van der Waals surface area (Å²) in [5, 5.41) is 11.3. The molecule has 0 spiro atoms. The summed E-state index contributed by atoms with van der Waals surface area (Å²) in [7, 11) is 0. The van der Waals surface area contributed by atoms with Crippen molar-refractivity contribution in [1.82, 2.24) is 14.7 Å². The number of β-lactam (4-membered cyclic amide) rings is 1. The highest BCUT2D eigenvalue weighted by atomic mass is 32.2. The molecule has 0 aromatic rings. The van der Waals surface area contributed by atoms with Gasteiger partial charge in [-0.25, -0.2) is 4.79 Å². The van der Waals surface area contributed by atoms with Crippen molar-refractivity contribution in [2.75, 3.05) is 25.4 Å². The van der Waals surface area contributed by atoms with Gasteiger partial charge < -0.3 is 30.2 Å². The van der Waals surface area contributed by atoms with Crippen LogP contribution in [0, 0.1) is 0 Å². The lowest BCUT2D eigenvalue weighted by molar-refractivity contribution is -0.301. The fourth-order valence-electron chi connectivity index (χ4n) is 4.45. The van der Waals surface area contributed by atoms with Crippen molar-refractivity contribution in [3.05, 3.63) is 22.9 Å². The van der Waals surface area contributed by atoms with Crippen molar-refractivity contribution < 1.29 is 29.0 Å². The lowest BCUT2D eigenvalue weighted by Gasteiger charge is -2.49. The van der Waals surface area contributed by atoms with Gasteiger partial charge in [0.25, 0.3) is 0 Å². The Morgan fingerprint density at radius 2 is 1.97 bits per heavy atom. The lowest BCUT2D eigenvalue weighted by Crippen LogP contribution is -2.69. The van der Waals surface area contributed by atoms with E-state index in [-0.39, 0.29) is 17.6 Å². The van der Waals surface area contributed by atoms with E-state index in [1.54, 1.807) is 15.9 Å². The molecule has 4 rings (SSSR count). The van der Waals surface area contributed by atoms with E-state index in [0.717, 1.165) is 4.90 Å². The van der Waals surface area contributed by atoms with Crippen LogP contribution in [0.3, 0.4) is 0 Å². The number of carboxylic acid groups (broad SMARTS) is 1. The van der Waals surface area contributed by atoms with Crippen LogP contribution in [0.5, 0.6) is 0 Å². The number of allylic oxidation sites excluding steroid dienone is 1. The Kier molecular flexibility index (Phi) is 5.74. The molecule has 0 aromatic heterocycles. The van der Waals surface area contributed by atoms with E-state index in [4.69, 9.17) is 10.5 Å². The number of hydrogen-bond donors (Lipinski definition) is 1. The van der Waals surface area contributed by atoms with Crippen LogP contribution in [0.1, 0.15) is 33.6 Å². The molecule has 3 amide bonds. The number of fused-ring (bicyclic) bond motifs is 1. The van der Waals surface area contributed by atoms with Crippen LogP contribution in [0.2, 0.25) is 0 Å². The second kappa shape index (κ2) is 8.11. The number of rotatable bonds is 3. The summed E-state index contributed by atoms with van der Waals surface area (Å²) in [6.45, 7) is 6.83. The summed E-state index contributed by atoms with van der Waals surface area (Å²) >= 11 is 1.38. The van der Waals surface area contributed by atoms with E-state index in [1.165, 1.54) is 11.8 Å². The summed E-state index contributed by atoms with van der Waals surface area (Å²) in [4.78, 5) is 53.7. The first-order chi connectivity index (χ1) is 15.0. The molecule has 0 bridgehead atoms. The first-order valence-electron chi connectivity index (χ1n) is 10.6. The quantitative estimate of drug-likeness (QED) is 0.433. The van der Waals surface area contributed by atoms with Crippen molar-refractivity contribution >= 4 is 35.6 Å². The molecule has 10 nitrogen and oxygen atoms in total. The first-order valence-corrected chi connectivity index (χ1v) is 11.7.